The Morgan fingerprint density at radius 3 is 2.86 bits per heavy atom. The molecule has 2 aromatic carbocycles. The molecule has 1 aliphatic heterocycles. The van der Waals surface area contributed by atoms with Crippen LogP contribution in [0.1, 0.15) is 15.9 Å². The highest BCUT2D eigenvalue weighted by Crippen LogP contribution is 2.41. The van der Waals surface area contributed by atoms with E-state index in [4.69, 9.17) is 0 Å². The van der Waals surface area contributed by atoms with Crippen LogP contribution < -0.4 is 0 Å². The van der Waals surface area contributed by atoms with Gasteiger partial charge < -0.3 is 4.98 Å². The van der Waals surface area contributed by atoms with E-state index in [1.165, 1.54) is 0 Å². The molecule has 0 spiro atoms. The molecular weight excluding hydrogens is 346 g/mol. The molecule has 4 rings (SSSR count). The van der Waals surface area contributed by atoms with Gasteiger partial charge in [-0.05, 0) is 36.4 Å². The Morgan fingerprint density at radius 2 is 2.00 bits per heavy atom. The van der Waals surface area contributed by atoms with Gasteiger partial charge in [-0.3, -0.25) is 4.79 Å². The van der Waals surface area contributed by atoms with Crippen LogP contribution in [0.4, 0.5) is 0 Å². The molecule has 2 heterocycles. The average Bonchev–Trinajstić information content (AvgIpc) is 3.02. The van der Waals surface area contributed by atoms with E-state index < -0.39 is 0 Å². The van der Waals surface area contributed by atoms with Gasteiger partial charge in [-0.25, -0.2) is 0 Å². The lowest BCUT2D eigenvalue weighted by Crippen LogP contribution is -1.93. The van der Waals surface area contributed by atoms with Crippen LogP contribution in [-0.2, 0) is 0 Å². The van der Waals surface area contributed by atoms with Gasteiger partial charge in [0.05, 0.1) is 4.91 Å². The number of ketones is 1. The second-order valence-electron chi connectivity index (χ2n) is 4.87. The summed E-state index contributed by atoms with van der Waals surface area (Å²) in [6, 6.07) is 13.8. The number of halogens is 1. The molecule has 0 amide bonds. The molecule has 102 valence electrons. The van der Waals surface area contributed by atoms with Crippen LogP contribution in [0.2, 0.25) is 0 Å². The Labute approximate surface area is 134 Å². The number of rotatable bonds is 1. The molecular formula is C17H10BrNOS. The predicted molar refractivity (Wildman–Crippen MR) is 90.6 cm³/mol. The predicted octanol–water partition coefficient (Wildman–Crippen LogP) is 5.26. The maximum Gasteiger partial charge on any atom is 0.200 e. The number of hydrogen-bond acceptors (Lipinski definition) is 2. The summed E-state index contributed by atoms with van der Waals surface area (Å²) in [5, 5.41) is 1.11. The summed E-state index contributed by atoms with van der Waals surface area (Å²) < 4.78 is 1.03. The molecule has 4 heteroatoms. The van der Waals surface area contributed by atoms with Crippen molar-refractivity contribution in [2.24, 2.45) is 0 Å². The van der Waals surface area contributed by atoms with Gasteiger partial charge in [-0.1, -0.05) is 39.8 Å². The topological polar surface area (TPSA) is 32.9 Å². The third-order valence-electron chi connectivity index (χ3n) is 3.54. The lowest BCUT2D eigenvalue weighted by Gasteiger charge is -1.96. The minimum atomic E-state index is 0.111. The molecule has 0 fully saturated rings. The summed E-state index contributed by atoms with van der Waals surface area (Å²) in [6.45, 7) is 0. The zero-order chi connectivity index (χ0) is 14.4. The monoisotopic (exact) mass is 355 g/mol. The van der Waals surface area contributed by atoms with Crippen molar-refractivity contribution in [3.8, 4) is 0 Å². The fourth-order valence-corrected chi connectivity index (χ4v) is 3.91. The number of carbonyl (C=O) groups is 1. The van der Waals surface area contributed by atoms with Gasteiger partial charge in [0, 0.05) is 37.6 Å². The standard InChI is InChI=1S/C17H10BrNOS/c18-11-5-6-14-13(8-11)10(9-19-14)7-16-17(20)12-3-1-2-4-15(12)21-16/h1-9,19H/b16-7-. The smallest absolute Gasteiger partial charge is 0.200 e. The Bertz CT molecular complexity index is 910. The number of carbonyl (C=O) groups excluding carboxylic acids is 1. The SMILES string of the molecule is O=C1/C(=C/c2c[nH]c3ccc(Br)cc23)Sc2ccccc21. The van der Waals surface area contributed by atoms with E-state index in [1.54, 1.807) is 11.8 Å². The number of fused-ring (bicyclic) bond motifs is 2. The number of thioether (sulfide) groups is 1. The van der Waals surface area contributed by atoms with Crippen molar-refractivity contribution in [2.75, 3.05) is 0 Å². The first kappa shape index (κ1) is 12.9. The number of aromatic nitrogens is 1. The molecule has 0 saturated heterocycles. The second-order valence-corrected chi connectivity index (χ2v) is 6.87. The van der Waals surface area contributed by atoms with Crippen molar-refractivity contribution in [1.29, 1.82) is 0 Å². The van der Waals surface area contributed by atoms with E-state index in [0.29, 0.717) is 0 Å². The average molecular weight is 356 g/mol. The van der Waals surface area contributed by atoms with Gasteiger partial charge in [-0.15, -0.1) is 0 Å². The van der Waals surface area contributed by atoms with Crippen LogP contribution >= 0.6 is 27.7 Å². The lowest BCUT2D eigenvalue weighted by atomic mass is 10.1. The van der Waals surface area contributed by atoms with E-state index in [2.05, 4.69) is 27.0 Å². The van der Waals surface area contributed by atoms with Crippen LogP contribution in [-0.4, -0.2) is 10.8 Å². The zero-order valence-electron chi connectivity index (χ0n) is 10.9. The summed E-state index contributed by atoms with van der Waals surface area (Å²) >= 11 is 5.03. The van der Waals surface area contributed by atoms with E-state index >= 15 is 0 Å². The maximum atomic E-state index is 12.4. The fourth-order valence-electron chi connectivity index (χ4n) is 2.51. The van der Waals surface area contributed by atoms with Gasteiger partial charge in [0.25, 0.3) is 0 Å². The highest BCUT2D eigenvalue weighted by molar-refractivity contribution is 9.10. The number of aromatic amines is 1. The molecule has 0 atom stereocenters. The van der Waals surface area contributed by atoms with E-state index in [9.17, 15) is 4.79 Å². The van der Waals surface area contributed by atoms with Crippen molar-refractivity contribution in [3.63, 3.8) is 0 Å². The normalized spacial score (nSPS) is 15.9. The molecule has 0 saturated carbocycles. The van der Waals surface area contributed by atoms with Crippen LogP contribution in [0, 0.1) is 0 Å². The molecule has 1 aliphatic rings. The van der Waals surface area contributed by atoms with Crippen molar-refractivity contribution >= 4 is 50.5 Å². The first-order chi connectivity index (χ1) is 10.2. The Morgan fingerprint density at radius 1 is 1.14 bits per heavy atom. The van der Waals surface area contributed by atoms with Gasteiger partial charge in [0.2, 0.25) is 5.78 Å². The van der Waals surface area contributed by atoms with Crippen LogP contribution in [0.25, 0.3) is 17.0 Å². The summed E-state index contributed by atoms with van der Waals surface area (Å²) in [6.07, 6.45) is 3.92. The van der Waals surface area contributed by atoms with Gasteiger partial charge in [0.1, 0.15) is 0 Å². The number of nitrogens with one attached hydrogen (secondary N) is 1. The molecule has 0 unspecified atom stereocenters. The molecule has 21 heavy (non-hydrogen) atoms. The molecule has 2 nitrogen and oxygen atoms in total. The van der Waals surface area contributed by atoms with Gasteiger partial charge in [-0.2, -0.15) is 0 Å². The van der Waals surface area contributed by atoms with Gasteiger partial charge >= 0.3 is 0 Å². The van der Waals surface area contributed by atoms with Crippen LogP contribution in [0.3, 0.4) is 0 Å². The van der Waals surface area contributed by atoms with Gasteiger partial charge in [0.15, 0.2) is 0 Å². The Kier molecular flexibility index (Phi) is 3.01. The minimum absolute atomic E-state index is 0.111. The van der Waals surface area contributed by atoms with E-state index in [0.717, 1.165) is 36.3 Å². The van der Waals surface area contributed by atoms with Crippen molar-refractivity contribution in [3.05, 3.63) is 69.2 Å². The number of allylic oxidation sites excluding steroid dienone is 1. The highest BCUT2D eigenvalue weighted by atomic mass is 79.9. The molecule has 0 aliphatic carbocycles. The quantitative estimate of drug-likeness (QED) is 0.604. The van der Waals surface area contributed by atoms with Crippen molar-refractivity contribution < 1.29 is 4.79 Å². The number of benzene rings is 2. The minimum Gasteiger partial charge on any atom is -0.361 e. The lowest BCUT2D eigenvalue weighted by molar-refractivity contribution is 0.104. The molecule has 0 radical (unpaired) electrons. The third kappa shape index (κ3) is 2.15. The molecule has 0 bridgehead atoms. The number of Topliss-reactive ketones (excluding diaryl/α,β-unsaturated/α-hetero) is 1. The first-order valence-corrected chi connectivity index (χ1v) is 8.13. The summed E-state index contributed by atoms with van der Waals surface area (Å²) in [5.74, 6) is 0.111. The zero-order valence-corrected chi connectivity index (χ0v) is 13.3. The van der Waals surface area contributed by atoms with Crippen molar-refractivity contribution in [1.82, 2.24) is 4.98 Å². The summed E-state index contributed by atoms with van der Waals surface area (Å²) in [4.78, 5) is 17.5. The van der Waals surface area contributed by atoms with Crippen molar-refractivity contribution in [2.45, 2.75) is 4.90 Å². The molecule has 3 aromatic rings. The third-order valence-corrected chi connectivity index (χ3v) is 5.13. The van der Waals surface area contributed by atoms with E-state index in [1.807, 2.05) is 48.7 Å². The maximum absolute atomic E-state index is 12.4. The summed E-state index contributed by atoms with van der Waals surface area (Å²) in [7, 11) is 0. The molecule has 1 N–H and O–H groups in total. The first-order valence-electron chi connectivity index (χ1n) is 6.52. The van der Waals surface area contributed by atoms with Crippen LogP contribution in [0.15, 0.2) is 62.9 Å². The van der Waals surface area contributed by atoms with E-state index in [-0.39, 0.29) is 5.78 Å². The number of hydrogen-bond donors (Lipinski definition) is 1. The Hall–Kier alpha value is -1.78. The second kappa shape index (κ2) is 4.90. The Balaban J connectivity index is 1.82. The van der Waals surface area contributed by atoms with Crippen LogP contribution in [0.5, 0.6) is 0 Å². The summed E-state index contributed by atoms with van der Waals surface area (Å²) in [5.41, 5.74) is 2.91. The molecule has 1 aromatic heterocycles. The number of H-pyrrole nitrogens is 1. The fraction of sp³-hybridized carbons (Fsp3) is 0. The highest BCUT2D eigenvalue weighted by Gasteiger charge is 2.25. The largest absolute Gasteiger partial charge is 0.361 e.